The van der Waals surface area contributed by atoms with Gasteiger partial charge in [0, 0.05) is 11.1 Å². The number of carbonyl (C=O) groups is 1. The molecule has 78 valence electrons. The molecule has 1 rings (SSSR count). The molecule has 0 aliphatic rings. The van der Waals surface area contributed by atoms with Crippen LogP contribution in [-0.4, -0.2) is 17.4 Å². The molecule has 0 saturated heterocycles. The molecule has 0 aromatic carbocycles. The average Bonchev–Trinajstić information content (AvgIpc) is 2.52. The van der Waals surface area contributed by atoms with Gasteiger partial charge < -0.3 is 11.1 Å². The van der Waals surface area contributed by atoms with Gasteiger partial charge >= 0.3 is 0 Å². The van der Waals surface area contributed by atoms with Crippen molar-refractivity contribution in [3.05, 3.63) is 16.1 Å². The van der Waals surface area contributed by atoms with Gasteiger partial charge in [0.1, 0.15) is 11.0 Å². The Morgan fingerprint density at radius 3 is 2.93 bits per heavy atom. The summed E-state index contributed by atoms with van der Waals surface area (Å²) in [6.07, 6.45) is 0.966. The van der Waals surface area contributed by atoms with E-state index in [0.29, 0.717) is 0 Å². The van der Waals surface area contributed by atoms with Crippen molar-refractivity contribution >= 4 is 17.2 Å². The Labute approximate surface area is 87.5 Å². The lowest BCUT2D eigenvalue weighted by Gasteiger charge is -2.11. The molecule has 1 aromatic rings. The minimum atomic E-state index is -0.436. The number of aryl methyl sites for hydroxylation is 1. The average molecular weight is 213 g/mol. The summed E-state index contributed by atoms with van der Waals surface area (Å²) in [5.74, 6) is -0.368. The topological polar surface area (TPSA) is 68.0 Å². The van der Waals surface area contributed by atoms with Crippen molar-refractivity contribution in [2.75, 3.05) is 6.54 Å². The van der Waals surface area contributed by atoms with Crippen LogP contribution in [0.5, 0.6) is 0 Å². The van der Waals surface area contributed by atoms with Crippen LogP contribution in [-0.2, 0) is 4.79 Å². The lowest BCUT2D eigenvalue weighted by molar-refractivity contribution is -0.120. The van der Waals surface area contributed by atoms with Crippen LogP contribution in [0.15, 0.2) is 5.38 Å². The molecule has 1 unspecified atom stereocenters. The van der Waals surface area contributed by atoms with Crippen LogP contribution in [0.3, 0.4) is 0 Å². The first-order valence-electron chi connectivity index (χ1n) is 4.60. The van der Waals surface area contributed by atoms with Crippen LogP contribution < -0.4 is 11.1 Å². The van der Waals surface area contributed by atoms with E-state index in [4.69, 9.17) is 5.73 Å². The third-order valence-electron chi connectivity index (χ3n) is 1.77. The molecule has 0 spiro atoms. The number of nitrogens with one attached hydrogen (secondary N) is 1. The second-order valence-corrected chi connectivity index (χ2v) is 4.01. The maximum Gasteiger partial charge on any atom is 0.241 e. The first-order valence-corrected chi connectivity index (χ1v) is 5.47. The number of nitrogens with two attached hydrogens (primary N) is 1. The minimum Gasteiger partial charge on any atom is -0.368 e. The Kier molecular flexibility index (Phi) is 4.03. The van der Waals surface area contributed by atoms with E-state index >= 15 is 0 Å². The molecule has 0 bridgehead atoms. The van der Waals surface area contributed by atoms with Gasteiger partial charge in [0.05, 0.1) is 0 Å². The first kappa shape index (κ1) is 11.1. The van der Waals surface area contributed by atoms with E-state index in [-0.39, 0.29) is 5.91 Å². The Morgan fingerprint density at radius 2 is 2.50 bits per heavy atom. The van der Waals surface area contributed by atoms with Crippen molar-refractivity contribution in [3.63, 3.8) is 0 Å². The molecule has 0 aliphatic heterocycles. The van der Waals surface area contributed by atoms with Crippen molar-refractivity contribution in [3.8, 4) is 0 Å². The largest absolute Gasteiger partial charge is 0.368 e. The Morgan fingerprint density at radius 1 is 1.79 bits per heavy atom. The molecule has 3 N–H and O–H groups in total. The summed E-state index contributed by atoms with van der Waals surface area (Å²) >= 11 is 1.46. The fourth-order valence-corrected chi connectivity index (χ4v) is 1.98. The molecule has 0 radical (unpaired) electrons. The van der Waals surface area contributed by atoms with E-state index in [1.54, 1.807) is 0 Å². The fourth-order valence-electron chi connectivity index (χ4n) is 1.10. The Bertz CT molecular complexity index is 311. The number of rotatable bonds is 5. The van der Waals surface area contributed by atoms with Crippen molar-refractivity contribution in [2.24, 2.45) is 5.73 Å². The second-order valence-electron chi connectivity index (χ2n) is 3.12. The number of primary amides is 1. The maximum atomic E-state index is 11.1. The van der Waals surface area contributed by atoms with Gasteiger partial charge in [0.15, 0.2) is 0 Å². The Balaban J connectivity index is 2.72. The smallest absolute Gasteiger partial charge is 0.241 e. The van der Waals surface area contributed by atoms with E-state index in [1.165, 1.54) is 11.3 Å². The van der Waals surface area contributed by atoms with E-state index in [2.05, 4.69) is 10.3 Å². The molecular formula is C9H15N3OS. The maximum absolute atomic E-state index is 11.1. The molecule has 0 aliphatic carbocycles. The highest BCUT2D eigenvalue weighted by Crippen LogP contribution is 2.17. The summed E-state index contributed by atoms with van der Waals surface area (Å²) in [4.78, 5) is 15.4. The zero-order chi connectivity index (χ0) is 10.6. The lowest BCUT2D eigenvalue weighted by Crippen LogP contribution is -2.33. The first-order chi connectivity index (χ1) is 6.65. The summed E-state index contributed by atoms with van der Waals surface area (Å²) in [6, 6.07) is -0.436. The zero-order valence-electron chi connectivity index (χ0n) is 8.41. The molecule has 1 aromatic heterocycles. The quantitative estimate of drug-likeness (QED) is 0.766. The van der Waals surface area contributed by atoms with Crippen molar-refractivity contribution < 1.29 is 4.79 Å². The van der Waals surface area contributed by atoms with Gasteiger partial charge in [-0.2, -0.15) is 0 Å². The van der Waals surface area contributed by atoms with Crippen LogP contribution in [0.25, 0.3) is 0 Å². The van der Waals surface area contributed by atoms with Crippen LogP contribution in [0, 0.1) is 6.92 Å². The number of nitrogens with zero attached hydrogens (tertiary/aromatic N) is 1. The lowest BCUT2D eigenvalue weighted by atomic mass is 10.3. The predicted octanol–water partition coefficient (Wildman–Crippen LogP) is 0.978. The molecular weight excluding hydrogens is 198 g/mol. The molecule has 1 atom stereocenters. The number of hydrogen-bond acceptors (Lipinski definition) is 4. The van der Waals surface area contributed by atoms with Crippen LogP contribution in [0.4, 0.5) is 0 Å². The van der Waals surface area contributed by atoms with E-state index in [0.717, 1.165) is 23.7 Å². The summed E-state index contributed by atoms with van der Waals surface area (Å²) in [5, 5.41) is 5.74. The molecule has 4 nitrogen and oxygen atoms in total. The van der Waals surface area contributed by atoms with Gasteiger partial charge in [-0.3, -0.25) is 4.79 Å². The third-order valence-corrected chi connectivity index (χ3v) is 2.79. The SMILES string of the molecule is CCCNC(C(N)=O)c1nc(C)cs1. The number of aromatic nitrogens is 1. The highest BCUT2D eigenvalue weighted by atomic mass is 32.1. The van der Waals surface area contributed by atoms with Crippen LogP contribution in [0.1, 0.15) is 30.1 Å². The van der Waals surface area contributed by atoms with E-state index < -0.39 is 6.04 Å². The highest BCUT2D eigenvalue weighted by Gasteiger charge is 2.19. The second kappa shape index (κ2) is 5.07. The van der Waals surface area contributed by atoms with Gasteiger partial charge in [-0.25, -0.2) is 4.98 Å². The molecule has 14 heavy (non-hydrogen) atoms. The van der Waals surface area contributed by atoms with Gasteiger partial charge in [0.2, 0.25) is 5.91 Å². The molecule has 1 heterocycles. The summed E-state index contributed by atoms with van der Waals surface area (Å²) in [6.45, 7) is 4.71. The van der Waals surface area contributed by atoms with E-state index in [1.807, 2.05) is 19.2 Å². The van der Waals surface area contributed by atoms with Gasteiger partial charge in [-0.05, 0) is 19.9 Å². The van der Waals surface area contributed by atoms with Crippen LogP contribution in [0.2, 0.25) is 0 Å². The van der Waals surface area contributed by atoms with Crippen molar-refractivity contribution in [1.29, 1.82) is 0 Å². The molecule has 0 fully saturated rings. The Hall–Kier alpha value is -0.940. The third kappa shape index (κ3) is 2.78. The predicted molar refractivity (Wildman–Crippen MR) is 57.1 cm³/mol. The molecule has 1 amide bonds. The highest BCUT2D eigenvalue weighted by molar-refractivity contribution is 7.09. The zero-order valence-corrected chi connectivity index (χ0v) is 9.23. The van der Waals surface area contributed by atoms with Crippen molar-refractivity contribution in [2.45, 2.75) is 26.3 Å². The monoisotopic (exact) mass is 213 g/mol. The summed E-state index contributed by atoms with van der Waals surface area (Å²) < 4.78 is 0. The van der Waals surface area contributed by atoms with Crippen molar-refractivity contribution in [1.82, 2.24) is 10.3 Å². The number of thiazole rings is 1. The van der Waals surface area contributed by atoms with Gasteiger partial charge in [0.25, 0.3) is 0 Å². The number of carbonyl (C=O) groups excluding carboxylic acids is 1. The van der Waals surface area contributed by atoms with Gasteiger partial charge in [-0.15, -0.1) is 11.3 Å². The number of amides is 1. The van der Waals surface area contributed by atoms with Crippen LogP contribution >= 0.6 is 11.3 Å². The standard InChI is InChI=1S/C9H15N3OS/c1-3-4-11-7(8(10)13)9-12-6(2)5-14-9/h5,7,11H,3-4H2,1-2H3,(H2,10,13). The minimum absolute atomic E-state index is 0.368. The summed E-state index contributed by atoms with van der Waals surface area (Å²) in [5.41, 5.74) is 6.21. The van der Waals surface area contributed by atoms with Gasteiger partial charge in [-0.1, -0.05) is 6.92 Å². The van der Waals surface area contributed by atoms with E-state index in [9.17, 15) is 4.79 Å². The molecule has 0 saturated carbocycles. The normalized spacial score (nSPS) is 12.7. The number of hydrogen-bond donors (Lipinski definition) is 2. The molecule has 5 heteroatoms. The summed E-state index contributed by atoms with van der Waals surface area (Å²) in [7, 11) is 0. The fraction of sp³-hybridized carbons (Fsp3) is 0.556.